The Morgan fingerprint density at radius 1 is 0.881 bits per heavy atom. The summed E-state index contributed by atoms with van der Waals surface area (Å²) >= 11 is 0. The van der Waals surface area contributed by atoms with Crippen LogP contribution in [0.15, 0.2) is 30.6 Å². The van der Waals surface area contributed by atoms with E-state index in [-0.39, 0.29) is 82.3 Å². The van der Waals surface area contributed by atoms with Crippen LogP contribution in [0.3, 0.4) is 0 Å². The van der Waals surface area contributed by atoms with Crippen LogP contribution >= 0.6 is 0 Å². The van der Waals surface area contributed by atoms with Crippen molar-refractivity contribution in [1.29, 1.82) is 0 Å². The number of fused-ring (bicyclic) bond motifs is 1. The number of aromatic amines is 1. The third-order valence-corrected chi connectivity index (χ3v) is 5.79. The highest BCUT2D eigenvalue weighted by atomic mass is 16.5. The number of ketones is 1. The molecule has 15 nitrogen and oxygen atoms in total. The normalized spacial score (nSPS) is 10.9. The first-order valence-electron chi connectivity index (χ1n) is 13.4. The molecule has 3 aromatic rings. The molecule has 226 valence electrons. The number of carbonyl (C=O) groups excluding carboxylic acids is 3. The van der Waals surface area contributed by atoms with Gasteiger partial charge in [0.15, 0.2) is 11.4 Å². The molecule has 0 aliphatic rings. The number of nitrogen functional groups attached to an aromatic ring is 1. The maximum Gasteiger partial charge on any atom is 0.303 e. The number of aromatic nitrogens is 4. The molecule has 3 rings (SSSR count). The molecule has 0 bridgehead atoms. The fourth-order valence-electron chi connectivity index (χ4n) is 3.61. The minimum atomic E-state index is -1.03. The summed E-state index contributed by atoms with van der Waals surface area (Å²) in [4.78, 5) is 61.0. The maximum absolute atomic E-state index is 12.2. The van der Waals surface area contributed by atoms with Gasteiger partial charge in [0.1, 0.15) is 18.7 Å². The lowest BCUT2D eigenvalue weighted by Gasteiger charge is -2.09. The number of hydrogen-bond donors (Lipinski definition) is 5. The van der Waals surface area contributed by atoms with Gasteiger partial charge >= 0.3 is 5.97 Å². The number of ether oxygens (including phenoxy) is 3. The molecule has 2 amide bonds. The van der Waals surface area contributed by atoms with E-state index in [1.807, 2.05) is 24.3 Å². The van der Waals surface area contributed by atoms with Gasteiger partial charge in [-0.15, -0.1) is 0 Å². The molecular formula is C27H35N7O8. The van der Waals surface area contributed by atoms with Gasteiger partial charge in [-0.1, -0.05) is 24.3 Å². The molecule has 42 heavy (non-hydrogen) atoms. The number of rotatable bonds is 20. The number of carbonyl (C=O) groups is 4. The molecule has 0 unspecified atom stereocenters. The lowest BCUT2D eigenvalue weighted by molar-refractivity contribution is -0.139. The molecule has 0 radical (unpaired) electrons. The summed E-state index contributed by atoms with van der Waals surface area (Å²) in [5.74, 6) is -1.24. The summed E-state index contributed by atoms with van der Waals surface area (Å²) in [5, 5.41) is 14.1. The van der Waals surface area contributed by atoms with E-state index in [1.54, 1.807) is 0 Å². The number of nitrogens with one attached hydrogen (secondary N) is 3. The number of aliphatic carboxylic acids is 1. The van der Waals surface area contributed by atoms with Gasteiger partial charge in [-0.2, -0.15) is 9.97 Å². The number of carboxylic acids is 1. The Labute approximate surface area is 241 Å². The molecular weight excluding hydrogens is 550 g/mol. The first-order chi connectivity index (χ1) is 20.3. The van der Waals surface area contributed by atoms with Crippen LogP contribution in [0.25, 0.3) is 11.2 Å². The summed E-state index contributed by atoms with van der Waals surface area (Å²) < 4.78 is 16.2. The van der Waals surface area contributed by atoms with Crippen LogP contribution in [0.4, 0.5) is 5.95 Å². The fourth-order valence-corrected chi connectivity index (χ4v) is 3.61. The second-order valence-electron chi connectivity index (χ2n) is 9.17. The monoisotopic (exact) mass is 585 g/mol. The first kappa shape index (κ1) is 31.9. The molecule has 0 atom stereocenters. The molecule has 0 aliphatic carbocycles. The minimum absolute atomic E-state index is 0.0609. The van der Waals surface area contributed by atoms with E-state index >= 15 is 0 Å². The molecule has 6 N–H and O–H groups in total. The predicted octanol–water partition coefficient (Wildman–Crippen LogP) is 0.884. The number of Topliss-reactive ketones (excluding diaryl/α,β-unsaturated/α-hetero) is 1. The third kappa shape index (κ3) is 11.9. The Morgan fingerprint density at radius 3 is 2.36 bits per heavy atom. The molecule has 0 fully saturated rings. The number of H-pyrrole nitrogens is 1. The van der Waals surface area contributed by atoms with Crippen LogP contribution in [0.2, 0.25) is 0 Å². The predicted molar refractivity (Wildman–Crippen MR) is 149 cm³/mol. The molecule has 2 aromatic heterocycles. The van der Waals surface area contributed by atoms with E-state index in [0.717, 1.165) is 11.1 Å². The second kappa shape index (κ2) is 17.2. The Kier molecular flexibility index (Phi) is 13.1. The largest absolute Gasteiger partial charge is 0.481 e. The number of benzene rings is 1. The van der Waals surface area contributed by atoms with Crippen molar-refractivity contribution in [2.75, 3.05) is 38.7 Å². The van der Waals surface area contributed by atoms with Crippen molar-refractivity contribution < 1.29 is 38.5 Å². The van der Waals surface area contributed by atoms with Gasteiger partial charge in [-0.3, -0.25) is 19.2 Å². The van der Waals surface area contributed by atoms with Crippen LogP contribution < -0.4 is 21.1 Å². The van der Waals surface area contributed by atoms with Crippen LogP contribution in [-0.4, -0.2) is 81.6 Å². The summed E-state index contributed by atoms with van der Waals surface area (Å²) in [6.45, 7) is 1.49. The molecule has 1 aromatic carbocycles. The average Bonchev–Trinajstić information content (AvgIpc) is 3.44. The zero-order valence-corrected chi connectivity index (χ0v) is 23.1. The average molecular weight is 586 g/mol. The van der Waals surface area contributed by atoms with E-state index in [1.165, 1.54) is 6.33 Å². The summed E-state index contributed by atoms with van der Waals surface area (Å²) in [6.07, 6.45) is 2.07. The van der Waals surface area contributed by atoms with E-state index in [9.17, 15) is 19.2 Å². The van der Waals surface area contributed by atoms with Crippen molar-refractivity contribution >= 4 is 40.7 Å². The zero-order chi connectivity index (χ0) is 30.2. The summed E-state index contributed by atoms with van der Waals surface area (Å²) in [7, 11) is 0. The summed E-state index contributed by atoms with van der Waals surface area (Å²) in [5.41, 5.74) is 8.52. The smallest absolute Gasteiger partial charge is 0.303 e. The quantitative estimate of drug-likeness (QED) is 0.117. The lowest BCUT2D eigenvalue weighted by Crippen LogP contribution is -2.28. The standard InChI is InChI=1S/C27H35N7O8/c28-27-33-25-24(31-17-32-25)26(34-27)42-15-19-6-4-18(5-7-19)14-30-22(37)3-1-2-21(36)29-10-11-40-12-13-41-16-20(35)8-9-23(38)39/h4-7,17H,1-3,8-16H2,(H,29,36)(H,30,37)(H,38,39)(H3,28,31,32,33,34). The van der Waals surface area contributed by atoms with Gasteiger partial charge in [0.25, 0.3) is 0 Å². The molecule has 0 aliphatic heterocycles. The van der Waals surface area contributed by atoms with Gasteiger partial charge in [0.2, 0.25) is 23.6 Å². The number of amides is 2. The highest BCUT2D eigenvalue weighted by Gasteiger charge is 2.10. The third-order valence-electron chi connectivity index (χ3n) is 5.79. The van der Waals surface area contributed by atoms with Crippen LogP contribution in [-0.2, 0) is 41.8 Å². The lowest BCUT2D eigenvalue weighted by atomic mass is 10.1. The van der Waals surface area contributed by atoms with Crippen molar-refractivity contribution in [2.45, 2.75) is 45.3 Å². The second-order valence-corrected chi connectivity index (χ2v) is 9.17. The van der Waals surface area contributed by atoms with Gasteiger partial charge in [-0.25, -0.2) is 4.98 Å². The van der Waals surface area contributed by atoms with Crippen molar-refractivity contribution in [3.8, 4) is 5.88 Å². The van der Waals surface area contributed by atoms with E-state index in [2.05, 4.69) is 30.6 Å². The number of nitrogens with zero attached hydrogens (tertiary/aromatic N) is 3. The van der Waals surface area contributed by atoms with Gasteiger partial charge in [0.05, 0.1) is 32.6 Å². The highest BCUT2D eigenvalue weighted by molar-refractivity contribution is 5.83. The number of carboxylic acid groups (broad SMARTS) is 1. The maximum atomic E-state index is 12.2. The summed E-state index contributed by atoms with van der Waals surface area (Å²) in [6, 6.07) is 7.57. The molecule has 0 saturated heterocycles. The topological polar surface area (TPSA) is 221 Å². The van der Waals surface area contributed by atoms with Gasteiger partial charge in [-0.05, 0) is 17.5 Å². The van der Waals surface area contributed by atoms with E-state index in [0.29, 0.717) is 36.6 Å². The zero-order valence-electron chi connectivity index (χ0n) is 23.1. The molecule has 0 saturated carbocycles. The van der Waals surface area contributed by atoms with Crippen LogP contribution in [0, 0.1) is 0 Å². The van der Waals surface area contributed by atoms with Crippen LogP contribution in [0.1, 0.15) is 43.2 Å². The van der Waals surface area contributed by atoms with Gasteiger partial charge < -0.3 is 40.7 Å². The molecule has 0 spiro atoms. The van der Waals surface area contributed by atoms with Crippen molar-refractivity contribution in [3.05, 3.63) is 41.7 Å². The highest BCUT2D eigenvalue weighted by Crippen LogP contribution is 2.20. The van der Waals surface area contributed by atoms with E-state index < -0.39 is 5.97 Å². The van der Waals surface area contributed by atoms with Crippen LogP contribution in [0.5, 0.6) is 5.88 Å². The molecule has 15 heteroatoms. The number of hydrogen-bond acceptors (Lipinski definition) is 11. The Bertz CT molecular complexity index is 1330. The van der Waals surface area contributed by atoms with Gasteiger partial charge in [0, 0.05) is 32.4 Å². The number of anilines is 1. The Morgan fingerprint density at radius 2 is 1.60 bits per heavy atom. The number of nitrogens with two attached hydrogens (primary N) is 1. The van der Waals surface area contributed by atoms with Crippen molar-refractivity contribution in [2.24, 2.45) is 0 Å². The van der Waals surface area contributed by atoms with Crippen molar-refractivity contribution in [1.82, 2.24) is 30.6 Å². The number of imidazole rings is 1. The first-order valence-corrected chi connectivity index (χ1v) is 13.4. The minimum Gasteiger partial charge on any atom is -0.481 e. The molecule has 2 heterocycles. The SMILES string of the molecule is Nc1nc(OCc2ccc(CNC(=O)CCCC(=O)NCCOCCOCC(=O)CCC(=O)O)cc2)c2[nH]cnc2n1. The fraction of sp³-hybridized carbons (Fsp3) is 0.444. The Hall–Kier alpha value is -4.63. The van der Waals surface area contributed by atoms with E-state index in [4.69, 9.17) is 25.1 Å². The van der Waals surface area contributed by atoms with Crippen molar-refractivity contribution in [3.63, 3.8) is 0 Å². The Balaban J connectivity index is 1.19.